The molecule has 0 spiro atoms. The first-order valence-corrected chi connectivity index (χ1v) is 6.58. The number of anilines is 1. The standard InChI is InChI=1S/C14H22N2O4/c1-19-10-11-20-9-8-15-13-4-2-12(3-5-13)6-7-16-14(17)18/h2-5,15-16H,6-11H2,1H3,(H,17,18). The fourth-order valence-corrected chi connectivity index (χ4v) is 1.61. The minimum Gasteiger partial charge on any atom is -0.465 e. The summed E-state index contributed by atoms with van der Waals surface area (Å²) >= 11 is 0. The Kier molecular flexibility index (Phi) is 8.17. The summed E-state index contributed by atoms with van der Waals surface area (Å²) in [5, 5.41) is 14.1. The molecule has 0 radical (unpaired) electrons. The van der Waals surface area contributed by atoms with Crippen molar-refractivity contribution in [2.75, 3.05) is 45.3 Å². The van der Waals surface area contributed by atoms with Crippen LogP contribution in [0.5, 0.6) is 0 Å². The summed E-state index contributed by atoms with van der Waals surface area (Å²) in [7, 11) is 1.65. The number of hydrogen-bond donors (Lipinski definition) is 3. The summed E-state index contributed by atoms with van der Waals surface area (Å²) in [4.78, 5) is 10.3. The van der Waals surface area contributed by atoms with E-state index < -0.39 is 6.09 Å². The van der Waals surface area contributed by atoms with Gasteiger partial charge in [-0.3, -0.25) is 0 Å². The first-order valence-electron chi connectivity index (χ1n) is 6.58. The summed E-state index contributed by atoms with van der Waals surface area (Å²) < 4.78 is 10.2. The normalized spacial score (nSPS) is 10.2. The largest absolute Gasteiger partial charge is 0.465 e. The molecule has 6 nitrogen and oxygen atoms in total. The van der Waals surface area contributed by atoms with Crippen LogP contribution in [0.1, 0.15) is 5.56 Å². The monoisotopic (exact) mass is 282 g/mol. The fraction of sp³-hybridized carbons (Fsp3) is 0.500. The Hall–Kier alpha value is -1.79. The smallest absolute Gasteiger partial charge is 0.404 e. The average Bonchev–Trinajstić information content (AvgIpc) is 2.44. The number of nitrogens with one attached hydrogen (secondary N) is 2. The lowest BCUT2D eigenvalue weighted by atomic mass is 10.1. The maximum absolute atomic E-state index is 10.3. The Balaban J connectivity index is 2.16. The van der Waals surface area contributed by atoms with Crippen molar-refractivity contribution >= 4 is 11.8 Å². The minimum atomic E-state index is -0.989. The van der Waals surface area contributed by atoms with E-state index in [0.717, 1.165) is 17.8 Å². The van der Waals surface area contributed by atoms with Gasteiger partial charge in [0.25, 0.3) is 0 Å². The van der Waals surface area contributed by atoms with E-state index >= 15 is 0 Å². The van der Waals surface area contributed by atoms with E-state index in [1.54, 1.807) is 7.11 Å². The highest BCUT2D eigenvalue weighted by Crippen LogP contribution is 2.09. The topological polar surface area (TPSA) is 79.8 Å². The second-order valence-corrected chi connectivity index (χ2v) is 4.21. The quantitative estimate of drug-likeness (QED) is 0.568. The summed E-state index contributed by atoms with van der Waals surface area (Å²) in [5.74, 6) is 0. The van der Waals surface area contributed by atoms with Crippen LogP contribution >= 0.6 is 0 Å². The van der Waals surface area contributed by atoms with E-state index in [0.29, 0.717) is 32.8 Å². The maximum Gasteiger partial charge on any atom is 0.404 e. The number of benzene rings is 1. The number of carboxylic acid groups (broad SMARTS) is 1. The molecule has 0 saturated heterocycles. The third-order valence-electron chi connectivity index (χ3n) is 2.65. The molecule has 112 valence electrons. The van der Waals surface area contributed by atoms with Gasteiger partial charge >= 0.3 is 6.09 Å². The summed E-state index contributed by atoms with van der Waals surface area (Å²) in [5.41, 5.74) is 2.12. The predicted molar refractivity (Wildman–Crippen MR) is 77.4 cm³/mol. The number of carbonyl (C=O) groups is 1. The van der Waals surface area contributed by atoms with Gasteiger partial charge in [0.15, 0.2) is 0 Å². The zero-order chi connectivity index (χ0) is 14.6. The van der Waals surface area contributed by atoms with Gasteiger partial charge in [-0.1, -0.05) is 12.1 Å². The molecule has 0 aliphatic rings. The molecule has 0 unspecified atom stereocenters. The van der Waals surface area contributed by atoms with E-state index in [1.807, 2.05) is 24.3 Å². The zero-order valence-electron chi connectivity index (χ0n) is 11.7. The summed E-state index contributed by atoms with van der Waals surface area (Å²) in [6.45, 7) is 3.01. The molecule has 0 aromatic heterocycles. The van der Waals surface area contributed by atoms with Crippen molar-refractivity contribution in [2.24, 2.45) is 0 Å². The second kappa shape index (κ2) is 10.1. The molecule has 6 heteroatoms. The Morgan fingerprint density at radius 1 is 1.15 bits per heavy atom. The lowest BCUT2D eigenvalue weighted by Gasteiger charge is -2.08. The molecule has 0 atom stereocenters. The minimum absolute atomic E-state index is 0.426. The molecule has 3 N–H and O–H groups in total. The number of methoxy groups -OCH3 is 1. The molecule has 0 heterocycles. The first-order chi connectivity index (χ1) is 9.72. The van der Waals surface area contributed by atoms with Gasteiger partial charge in [0.1, 0.15) is 0 Å². The second-order valence-electron chi connectivity index (χ2n) is 4.21. The van der Waals surface area contributed by atoms with Gasteiger partial charge in [-0.15, -0.1) is 0 Å². The Bertz CT molecular complexity index is 381. The van der Waals surface area contributed by atoms with Gasteiger partial charge in [-0.05, 0) is 24.1 Å². The zero-order valence-corrected chi connectivity index (χ0v) is 11.7. The maximum atomic E-state index is 10.3. The van der Waals surface area contributed by atoms with Crippen molar-refractivity contribution in [3.63, 3.8) is 0 Å². The number of rotatable bonds is 10. The van der Waals surface area contributed by atoms with Crippen molar-refractivity contribution in [3.8, 4) is 0 Å². The van der Waals surface area contributed by atoms with Crippen LogP contribution in [-0.4, -0.2) is 51.2 Å². The number of amides is 1. The van der Waals surface area contributed by atoms with Crippen molar-refractivity contribution in [3.05, 3.63) is 29.8 Å². The van der Waals surface area contributed by atoms with Crippen LogP contribution in [0.15, 0.2) is 24.3 Å². The van der Waals surface area contributed by atoms with E-state index in [4.69, 9.17) is 14.6 Å². The SMILES string of the molecule is COCCOCCNc1ccc(CCNC(=O)O)cc1. The van der Waals surface area contributed by atoms with Gasteiger partial charge < -0.3 is 25.2 Å². The Morgan fingerprint density at radius 2 is 1.90 bits per heavy atom. The molecule has 0 aliphatic carbocycles. The van der Waals surface area contributed by atoms with E-state index in [1.165, 1.54) is 0 Å². The van der Waals surface area contributed by atoms with Crippen LogP contribution in [0, 0.1) is 0 Å². The lowest BCUT2D eigenvalue weighted by Crippen LogP contribution is -2.23. The summed E-state index contributed by atoms with van der Waals surface area (Å²) in [6.07, 6.45) is -0.302. The average molecular weight is 282 g/mol. The molecular formula is C14H22N2O4. The van der Waals surface area contributed by atoms with E-state index in [2.05, 4.69) is 10.6 Å². The van der Waals surface area contributed by atoms with Gasteiger partial charge in [0.2, 0.25) is 0 Å². The molecule has 0 saturated carbocycles. The van der Waals surface area contributed by atoms with Crippen LogP contribution in [-0.2, 0) is 15.9 Å². The molecule has 1 rings (SSSR count). The highest BCUT2D eigenvalue weighted by Gasteiger charge is 1.97. The summed E-state index contributed by atoms with van der Waals surface area (Å²) in [6, 6.07) is 7.92. The molecule has 0 bridgehead atoms. The van der Waals surface area contributed by atoms with Crippen molar-refractivity contribution in [1.82, 2.24) is 5.32 Å². The van der Waals surface area contributed by atoms with Crippen molar-refractivity contribution in [2.45, 2.75) is 6.42 Å². The highest BCUT2D eigenvalue weighted by molar-refractivity contribution is 5.64. The molecule has 20 heavy (non-hydrogen) atoms. The van der Waals surface area contributed by atoms with Crippen LogP contribution in [0.25, 0.3) is 0 Å². The molecule has 1 amide bonds. The predicted octanol–water partition coefficient (Wildman–Crippen LogP) is 1.57. The highest BCUT2D eigenvalue weighted by atomic mass is 16.5. The van der Waals surface area contributed by atoms with E-state index in [-0.39, 0.29) is 0 Å². The van der Waals surface area contributed by atoms with Crippen LogP contribution in [0.4, 0.5) is 10.5 Å². The van der Waals surface area contributed by atoms with Crippen LogP contribution in [0.2, 0.25) is 0 Å². The Morgan fingerprint density at radius 3 is 2.55 bits per heavy atom. The molecule has 0 fully saturated rings. The lowest BCUT2D eigenvalue weighted by molar-refractivity contribution is 0.0759. The van der Waals surface area contributed by atoms with Crippen molar-refractivity contribution in [1.29, 1.82) is 0 Å². The van der Waals surface area contributed by atoms with Gasteiger partial charge in [-0.25, -0.2) is 4.79 Å². The molecule has 1 aromatic carbocycles. The number of hydrogen-bond acceptors (Lipinski definition) is 4. The third-order valence-corrected chi connectivity index (χ3v) is 2.65. The first kappa shape index (κ1) is 16.3. The van der Waals surface area contributed by atoms with Crippen LogP contribution in [0.3, 0.4) is 0 Å². The molecular weight excluding hydrogens is 260 g/mol. The van der Waals surface area contributed by atoms with Crippen LogP contribution < -0.4 is 10.6 Å². The molecule has 1 aromatic rings. The fourth-order valence-electron chi connectivity index (χ4n) is 1.61. The van der Waals surface area contributed by atoms with E-state index in [9.17, 15) is 4.79 Å². The molecule has 0 aliphatic heterocycles. The number of ether oxygens (including phenoxy) is 2. The van der Waals surface area contributed by atoms with Gasteiger partial charge in [-0.2, -0.15) is 0 Å². The van der Waals surface area contributed by atoms with Gasteiger partial charge in [0.05, 0.1) is 19.8 Å². The Labute approximate surface area is 119 Å². The van der Waals surface area contributed by atoms with Gasteiger partial charge in [0, 0.05) is 25.9 Å². The third kappa shape index (κ3) is 7.60. The van der Waals surface area contributed by atoms with Crippen molar-refractivity contribution < 1.29 is 19.4 Å².